The summed E-state index contributed by atoms with van der Waals surface area (Å²) < 4.78 is 1.74. The van der Waals surface area contributed by atoms with Gasteiger partial charge in [0.2, 0.25) is 0 Å². The Kier molecular flexibility index (Phi) is 2.03. The maximum atomic E-state index is 3.98. The smallest absolute Gasteiger partial charge is 0.167 e. The van der Waals surface area contributed by atoms with Crippen LogP contribution in [0.1, 0.15) is 31.1 Å². The zero-order valence-electron chi connectivity index (χ0n) is 7.19. The van der Waals surface area contributed by atoms with E-state index in [9.17, 15) is 0 Å². The molecule has 12 heavy (non-hydrogen) atoms. The van der Waals surface area contributed by atoms with Crippen LogP contribution in [0.3, 0.4) is 0 Å². The van der Waals surface area contributed by atoms with Crippen molar-refractivity contribution >= 4 is 0 Å². The number of aryl methyl sites for hydroxylation is 1. The molecule has 2 rings (SSSR count). The van der Waals surface area contributed by atoms with Gasteiger partial charge in [-0.05, 0) is 29.8 Å². The Labute approximate surface area is 71.1 Å². The van der Waals surface area contributed by atoms with Gasteiger partial charge in [0.15, 0.2) is 5.82 Å². The highest BCUT2D eigenvalue weighted by atomic mass is 15.5. The molecule has 0 aromatic carbocycles. The van der Waals surface area contributed by atoms with Crippen LogP contribution < -0.4 is 5.32 Å². The van der Waals surface area contributed by atoms with Gasteiger partial charge in [-0.15, -0.1) is 5.10 Å². The molecule has 1 aromatic heterocycles. The van der Waals surface area contributed by atoms with Crippen LogP contribution in [0.25, 0.3) is 0 Å². The molecule has 1 N–H and O–H groups in total. The van der Waals surface area contributed by atoms with E-state index in [0.29, 0.717) is 6.04 Å². The van der Waals surface area contributed by atoms with Crippen molar-refractivity contribution in [3.05, 3.63) is 5.82 Å². The maximum absolute atomic E-state index is 3.98. The van der Waals surface area contributed by atoms with Crippen LogP contribution in [0.4, 0.5) is 0 Å². The standard InChI is InChI=1S/C7H13N5/c1-12-7(9-10-11-12)6-4-2-3-5-8-6/h6,8H,2-5H2,1H3. The molecule has 0 amide bonds. The van der Waals surface area contributed by atoms with Gasteiger partial charge in [0.1, 0.15) is 0 Å². The third-order valence-electron chi connectivity index (χ3n) is 2.27. The third kappa shape index (κ3) is 1.32. The zero-order valence-corrected chi connectivity index (χ0v) is 7.19. The Morgan fingerprint density at radius 1 is 1.50 bits per heavy atom. The third-order valence-corrected chi connectivity index (χ3v) is 2.27. The maximum Gasteiger partial charge on any atom is 0.167 e. The molecule has 0 spiro atoms. The van der Waals surface area contributed by atoms with E-state index in [1.54, 1.807) is 4.68 Å². The van der Waals surface area contributed by atoms with Crippen molar-refractivity contribution in [1.82, 2.24) is 25.5 Å². The molecular weight excluding hydrogens is 154 g/mol. The summed E-state index contributed by atoms with van der Waals surface area (Å²) in [5.41, 5.74) is 0. The molecular formula is C7H13N5. The molecule has 0 bridgehead atoms. The molecule has 5 nitrogen and oxygen atoms in total. The summed E-state index contributed by atoms with van der Waals surface area (Å²) in [6.07, 6.45) is 3.68. The van der Waals surface area contributed by atoms with E-state index < -0.39 is 0 Å². The second kappa shape index (κ2) is 3.18. The van der Waals surface area contributed by atoms with Crippen molar-refractivity contribution in [2.75, 3.05) is 6.54 Å². The first kappa shape index (κ1) is 7.67. The number of nitrogens with zero attached hydrogens (tertiary/aromatic N) is 4. The van der Waals surface area contributed by atoms with Crippen LogP contribution in [-0.2, 0) is 7.05 Å². The summed E-state index contributed by atoms with van der Waals surface area (Å²) in [5.74, 6) is 0.953. The molecule has 1 saturated heterocycles. The number of aromatic nitrogens is 4. The van der Waals surface area contributed by atoms with Gasteiger partial charge in [-0.25, -0.2) is 4.68 Å². The van der Waals surface area contributed by atoms with E-state index in [4.69, 9.17) is 0 Å². The summed E-state index contributed by atoms with van der Waals surface area (Å²) in [4.78, 5) is 0. The Morgan fingerprint density at radius 3 is 3.00 bits per heavy atom. The molecule has 5 heteroatoms. The van der Waals surface area contributed by atoms with Crippen LogP contribution >= 0.6 is 0 Å². The monoisotopic (exact) mass is 167 g/mol. The topological polar surface area (TPSA) is 55.6 Å². The lowest BCUT2D eigenvalue weighted by Gasteiger charge is -2.21. The Balaban J connectivity index is 2.13. The fourth-order valence-electron chi connectivity index (χ4n) is 1.60. The molecule has 66 valence electrons. The number of hydrogen-bond acceptors (Lipinski definition) is 4. The van der Waals surface area contributed by atoms with E-state index in [1.165, 1.54) is 12.8 Å². The molecule has 2 heterocycles. The molecule has 1 fully saturated rings. The average molecular weight is 167 g/mol. The van der Waals surface area contributed by atoms with Crippen molar-refractivity contribution in [3.63, 3.8) is 0 Å². The molecule has 0 radical (unpaired) electrons. The van der Waals surface area contributed by atoms with Gasteiger partial charge >= 0.3 is 0 Å². The lowest BCUT2D eigenvalue weighted by molar-refractivity contribution is 0.386. The predicted octanol–water partition coefficient (Wildman–Crippen LogP) is 0.0247. The van der Waals surface area contributed by atoms with E-state index >= 15 is 0 Å². The van der Waals surface area contributed by atoms with Crippen LogP contribution in [0, 0.1) is 0 Å². The Bertz CT molecular complexity index is 250. The van der Waals surface area contributed by atoms with Crippen LogP contribution in [0.15, 0.2) is 0 Å². The molecule has 1 aromatic rings. The second-order valence-corrected chi connectivity index (χ2v) is 3.16. The number of tetrazole rings is 1. The molecule has 0 aliphatic carbocycles. The van der Waals surface area contributed by atoms with Gasteiger partial charge in [-0.2, -0.15) is 0 Å². The minimum atomic E-state index is 0.360. The summed E-state index contributed by atoms with van der Waals surface area (Å²) in [5, 5.41) is 14.8. The van der Waals surface area contributed by atoms with Gasteiger partial charge < -0.3 is 5.32 Å². The first-order chi connectivity index (χ1) is 5.88. The van der Waals surface area contributed by atoms with Crippen molar-refractivity contribution in [1.29, 1.82) is 0 Å². The SMILES string of the molecule is Cn1nnnc1C1CCCCN1. The first-order valence-electron chi connectivity index (χ1n) is 4.33. The van der Waals surface area contributed by atoms with Crippen molar-refractivity contribution in [2.45, 2.75) is 25.3 Å². The van der Waals surface area contributed by atoms with Crippen molar-refractivity contribution in [3.8, 4) is 0 Å². The van der Waals surface area contributed by atoms with E-state index in [0.717, 1.165) is 18.8 Å². The summed E-state index contributed by atoms with van der Waals surface area (Å²) in [7, 11) is 1.88. The number of piperidine rings is 1. The second-order valence-electron chi connectivity index (χ2n) is 3.16. The van der Waals surface area contributed by atoms with Crippen LogP contribution in [0.5, 0.6) is 0 Å². The van der Waals surface area contributed by atoms with Gasteiger partial charge in [-0.3, -0.25) is 0 Å². The van der Waals surface area contributed by atoms with Gasteiger partial charge in [0.25, 0.3) is 0 Å². The van der Waals surface area contributed by atoms with Gasteiger partial charge in [0, 0.05) is 7.05 Å². The highest BCUT2D eigenvalue weighted by Crippen LogP contribution is 2.19. The summed E-state index contributed by atoms with van der Waals surface area (Å²) >= 11 is 0. The number of hydrogen-bond donors (Lipinski definition) is 1. The Hall–Kier alpha value is -0.970. The quantitative estimate of drug-likeness (QED) is 0.641. The molecule has 1 aliphatic heterocycles. The minimum Gasteiger partial charge on any atom is -0.307 e. The normalized spacial score (nSPS) is 24.2. The molecule has 1 unspecified atom stereocenters. The fraction of sp³-hybridized carbons (Fsp3) is 0.857. The number of rotatable bonds is 1. The predicted molar refractivity (Wildman–Crippen MR) is 43.4 cm³/mol. The number of nitrogens with one attached hydrogen (secondary N) is 1. The summed E-state index contributed by atoms with van der Waals surface area (Å²) in [6, 6.07) is 0.360. The average Bonchev–Trinajstić information content (AvgIpc) is 2.53. The van der Waals surface area contributed by atoms with Crippen molar-refractivity contribution < 1.29 is 0 Å². The highest BCUT2D eigenvalue weighted by molar-refractivity contribution is 4.92. The van der Waals surface area contributed by atoms with E-state index in [-0.39, 0.29) is 0 Å². The van der Waals surface area contributed by atoms with E-state index in [2.05, 4.69) is 20.8 Å². The minimum absolute atomic E-state index is 0.360. The van der Waals surface area contributed by atoms with Crippen molar-refractivity contribution in [2.24, 2.45) is 7.05 Å². The first-order valence-corrected chi connectivity index (χ1v) is 4.33. The van der Waals surface area contributed by atoms with Crippen LogP contribution in [0.2, 0.25) is 0 Å². The molecule has 0 saturated carbocycles. The Morgan fingerprint density at radius 2 is 2.42 bits per heavy atom. The van der Waals surface area contributed by atoms with Gasteiger partial charge in [0.05, 0.1) is 6.04 Å². The largest absolute Gasteiger partial charge is 0.307 e. The zero-order chi connectivity index (χ0) is 8.39. The highest BCUT2D eigenvalue weighted by Gasteiger charge is 2.19. The lowest BCUT2D eigenvalue weighted by atomic mass is 10.0. The molecule has 1 aliphatic rings. The molecule has 1 atom stereocenters. The fourth-order valence-corrected chi connectivity index (χ4v) is 1.60. The van der Waals surface area contributed by atoms with E-state index in [1.807, 2.05) is 7.05 Å². The summed E-state index contributed by atoms with van der Waals surface area (Å²) in [6.45, 7) is 1.08. The lowest BCUT2D eigenvalue weighted by Crippen LogP contribution is -2.29. The van der Waals surface area contributed by atoms with Crippen LogP contribution in [-0.4, -0.2) is 26.8 Å². The van der Waals surface area contributed by atoms with Gasteiger partial charge in [-0.1, -0.05) is 6.42 Å².